The molecule has 1 aliphatic rings. The summed E-state index contributed by atoms with van der Waals surface area (Å²) in [7, 11) is 5.37. The largest absolute Gasteiger partial charge is 0.384 e. The number of carbonyl (C=O) groups excluding carboxylic acids is 1. The van der Waals surface area contributed by atoms with Gasteiger partial charge < -0.3 is 14.6 Å². The molecule has 3 rings (SSSR count). The highest BCUT2D eigenvalue weighted by Gasteiger charge is 2.38. The van der Waals surface area contributed by atoms with Gasteiger partial charge in [-0.25, -0.2) is 0 Å². The molecular weight excluding hydrogens is 290 g/mol. The number of benzene rings is 1. The van der Waals surface area contributed by atoms with E-state index in [4.69, 9.17) is 4.74 Å². The summed E-state index contributed by atoms with van der Waals surface area (Å²) in [4.78, 5) is 19.8. The van der Waals surface area contributed by atoms with Crippen molar-refractivity contribution in [1.29, 1.82) is 0 Å². The quantitative estimate of drug-likeness (QED) is 0.917. The molecule has 1 saturated heterocycles. The molecule has 0 aliphatic carbocycles. The lowest BCUT2D eigenvalue weighted by molar-refractivity contribution is -0.134. The van der Waals surface area contributed by atoms with Crippen LogP contribution in [0.4, 0.5) is 0 Å². The second-order valence-electron chi connectivity index (χ2n) is 6.60. The van der Waals surface area contributed by atoms with Gasteiger partial charge in [0.15, 0.2) is 0 Å². The molecule has 1 fully saturated rings. The lowest BCUT2D eigenvalue weighted by Gasteiger charge is -2.20. The average molecular weight is 315 g/mol. The molecule has 1 N–H and O–H groups in total. The third kappa shape index (κ3) is 3.26. The van der Waals surface area contributed by atoms with Crippen molar-refractivity contribution in [1.82, 2.24) is 14.8 Å². The van der Waals surface area contributed by atoms with Crippen molar-refractivity contribution in [3.8, 4) is 0 Å². The van der Waals surface area contributed by atoms with Crippen molar-refractivity contribution in [2.75, 3.05) is 40.9 Å². The fraction of sp³-hybridized carbons (Fsp3) is 0.500. The van der Waals surface area contributed by atoms with Gasteiger partial charge in [0, 0.05) is 63.9 Å². The van der Waals surface area contributed by atoms with Crippen molar-refractivity contribution in [3.63, 3.8) is 0 Å². The Bertz CT molecular complexity index is 680. The first-order chi connectivity index (χ1) is 11.1. The van der Waals surface area contributed by atoms with Gasteiger partial charge in [-0.3, -0.25) is 9.69 Å². The number of carbonyl (C=O) groups is 1. The average Bonchev–Trinajstić information content (AvgIpc) is 3.14. The Hall–Kier alpha value is -1.85. The highest BCUT2D eigenvalue weighted by atomic mass is 16.5. The highest BCUT2D eigenvalue weighted by molar-refractivity contribution is 5.83. The van der Waals surface area contributed by atoms with E-state index in [0.29, 0.717) is 6.61 Å². The fourth-order valence-corrected chi connectivity index (χ4v) is 3.61. The van der Waals surface area contributed by atoms with Gasteiger partial charge in [0.2, 0.25) is 5.91 Å². The molecule has 0 radical (unpaired) electrons. The molecule has 0 spiro atoms. The van der Waals surface area contributed by atoms with Crippen LogP contribution in [0.25, 0.3) is 10.9 Å². The zero-order valence-electron chi connectivity index (χ0n) is 14.1. The Morgan fingerprint density at radius 3 is 2.91 bits per heavy atom. The maximum Gasteiger partial charge on any atom is 0.226 e. The van der Waals surface area contributed by atoms with Gasteiger partial charge >= 0.3 is 0 Å². The summed E-state index contributed by atoms with van der Waals surface area (Å²) in [6, 6.07) is 8.46. The summed E-state index contributed by atoms with van der Waals surface area (Å²) in [6.07, 6.45) is 1.98. The fourth-order valence-electron chi connectivity index (χ4n) is 3.61. The third-order valence-electron chi connectivity index (χ3n) is 4.73. The van der Waals surface area contributed by atoms with E-state index in [-0.39, 0.29) is 17.7 Å². The molecular formula is C18H25N3O2. The Kier molecular flexibility index (Phi) is 4.68. The summed E-state index contributed by atoms with van der Waals surface area (Å²) in [5.41, 5.74) is 2.47. The number of nitrogens with one attached hydrogen (secondary N) is 1. The normalized spacial score (nSPS) is 21.9. The van der Waals surface area contributed by atoms with Crippen molar-refractivity contribution in [3.05, 3.63) is 36.0 Å². The zero-order chi connectivity index (χ0) is 16.4. The molecule has 1 aromatic carbocycles. The number of methoxy groups -OCH3 is 1. The Balaban J connectivity index is 1.76. The summed E-state index contributed by atoms with van der Waals surface area (Å²) >= 11 is 0. The van der Waals surface area contributed by atoms with E-state index in [0.717, 1.165) is 25.2 Å². The predicted octanol–water partition coefficient (Wildman–Crippen LogP) is 1.95. The third-order valence-corrected chi connectivity index (χ3v) is 4.73. The number of aromatic amines is 1. The first-order valence-electron chi connectivity index (χ1n) is 8.07. The Morgan fingerprint density at radius 2 is 2.17 bits per heavy atom. The van der Waals surface area contributed by atoms with Crippen LogP contribution in [0.3, 0.4) is 0 Å². The lowest BCUT2D eigenvalue weighted by atomic mass is 9.96. The van der Waals surface area contributed by atoms with Crippen LogP contribution in [0, 0.1) is 11.8 Å². The first-order valence-corrected chi connectivity index (χ1v) is 8.07. The van der Waals surface area contributed by atoms with Crippen molar-refractivity contribution in [2.24, 2.45) is 11.8 Å². The van der Waals surface area contributed by atoms with Crippen molar-refractivity contribution in [2.45, 2.75) is 6.54 Å². The molecule has 2 atom stereocenters. The minimum atomic E-state index is 0.0235. The van der Waals surface area contributed by atoms with E-state index in [2.05, 4.69) is 34.1 Å². The Labute approximate surface area is 137 Å². The van der Waals surface area contributed by atoms with Crippen LogP contribution in [0.5, 0.6) is 0 Å². The van der Waals surface area contributed by atoms with Crippen molar-refractivity contribution >= 4 is 16.8 Å². The molecule has 1 aliphatic heterocycles. The second kappa shape index (κ2) is 6.72. The number of aromatic nitrogens is 1. The van der Waals surface area contributed by atoms with E-state index < -0.39 is 0 Å². The number of hydrogen-bond donors (Lipinski definition) is 1. The number of amides is 1. The van der Waals surface area contributed by atoms with Gasteiger partial charge in [-0.05, 0) is 17.7 Å². The second-order valence-corrected chi connectivity index (χ2v) is 6.60. The van der Waals surface area contributed by atoms with Gasteiger partial charge in [0.05, 0.1) is 12.5 Å². The van der Waals surface area contributed by atoms with Crippen LogP contribution in [0.1, 0.15) is 5.56 Å². The van der Waals surface area contributed by atoms with E-state index in [1.54, 1.807) is 12.0 Å². The summed E-state index contributed by atoms with van der Waals surface area (Å²) in [5.74, 6) is 0.491. The number of likely N-dealkylation sites (tertiary alicyclic amines) is 1. The number of H-pyrrole nitrogens is 1. The van der Waals surface area contributed by atoms with Crippen LogP contribution in [-0.2, 0) is 16.1 Å². The molecule has 124 valence electrons. The van der Waals surface area contributed by atoms with E-state index >= 15 is 0 Å². The molecule has 23 heavy (non-hydrogen) atoms. The molecule has 1 aromatic heterocycles. The Morgan fingerprint density at radius 1 is 1.35 bits per heavy atom. The molecule has 0 unspecified atom stereocenters. The van der Waals surface area contributed by atoms with Gasteiger partial charge in [0.25, 0.3) is 0 Å². The van der Waals surface area contributed by atoms with Crippen molar-refractivity contribution < 1.29 is 9.53 Å². The molecule has 1 amide bonds. The smallest absolute Gasteiger partial charge is 0.226 e. The van der Waals surface area contributed by atoms with Crippen LogP contribution < -0.4 is 0 Å². The summed E-state index contributed by atoms with van der Waals surface area (Å²) in [5, 5.41) is 1.26. The van der Waals surface area contributed by atoms with Gasteiger partial charge in [-0.15, -0.1) is 0 Å². The van der Waals surface area contributed by atoms with Crippen LogP contribution >= 0.6 is 0 Å². The molecule has 5 nitrogen and oxygen atoms in total. The maximum atomic E-state index is 12.4. The van der Waals surface area contributed by atoms with E-state index in [1.165, 1.54) is 10.9 Å². The SMILES string of the molecule is COC[C@@H]1CN(Cc2cccc3[nH]ccc23)C[C@H]1C(=O)N(C)C. The zero-order valence-corrected chi connectivity index (χ0v) is 14.1. The first kappa shape index (κ1) is 16.0. The summed E-state index contributed by atoms with van der Waals surface area (Å²) < 4.78 is 5.34. The van der Waals surface area contributed by atoms with E-state index in [1.807, 2.05) is 20.3 Å². The van der Waals surface area contributed by atoms with Gasteiger partial charge in [-0.2, -0.15) is 0 Å². The molecule has 0 bridgehead atoms. The van der Waals surface area contributed by atoms with Crippen LogP contribution in [0.15, 0.2) is 30.5 Å². The molecule has 5 heteroatoms. The number of nitrogens with zero attached hydrogens (tertiary/aromatic N) is 2. The topological polar surface area (TPSA) is 48.6 Å². The number of ether oxygens (including phenoxy) is 1. The number of hydrogen-bond acceptors (Lipinski definition) is 3. The molecule has 2 heterocycles. The van der Waals surface area contributed by atoms with Crippen LogP contribution in [0.2, 0.25) is 0 Å². The van der Waals surface area contributed by atoms with Crippen LogP contribution in [-0.4, -0.2) is 61.6 Å². The standard InChI is InChI=1S/C18H25N3O2/c1-20(2)18(22)16-11-21(10-14(16)12-23-3)9-13-5-4-6-17-15(13)7-8-19-17/h4-8,14,16,19H,9-12H2,1-3H3/t14-,16+/m0/s1. The lowest BCUT2D eigenvalue weighted by Crippen LogP contribution is -2.35. The molecule has 0 saturated carbocycles. The minimum absolute atomic E-state index is 0.0235. The number of rotatable bonds is 5. The maximum absolute atomic E-state index is 12.4. The van der Waals surface area contributed by atoms with Gasteiger partial charge in [0.1, 0.15) is 0 Å². The number of fused-ring (bicyclic) bond motifs is 1. The minimum Gasteiger partial charge on any atom is -0.384 e. The summed E-state index contributed by atoms with van der Waals surface area (Å²) in [6.45, 7) is 3.20. The van der Waals surface area contributed by atoms with E-state index in [9.17, 15) is 4.79 Å². The van der Waals surface area contributed by atoms with Gasteiger partial charge in [-0.1, -0.05) is 12.1 Å². The highest BCUT2D eigenvalue weighted by Crippen LogP contribution is 2.28. The monoisotopic (exact) mass is 315 g/mol. The predicted molar refractivity (Wildman–Crippen MR) is 91.1 cm³/mol. The molecule has 2 aromatic rings.